The summed E-state index contributed by atoms with van der Waals surface area (Å²) in [7, 11) is 0. The molecule has 2 N–H and O–H groups in total. The molecule has 1 atom stereocenters. The van der Waals surface area contributed by atoms with Crippen molar-refractivity contribution >= 4 is 11.8 Å². The van der Waals surface area contributed by atoms with Crippen LogP contribution in [-0.2, 0) is 11.3 Å². The minimum absolute atomic E-state index is 0.0905. The van der Waals surface area contributed by atoms with E-state index in [2.05, 4.69) is 10.3 Å². The summed E-state index contributed by atoms with van der Waals surface area (Å²) in [5, 5.41) is 22.1. The molecule has 0 bridgehead atoms. The molecular formula is C9H14N4O4. The van der Waals surface area contributed by atoms with E-state index >= 15 is 0 Å². The highest BCUT2D eigenvalue weighted by atomic mass is 16.6. The number of imidazole rings is 1. The molecule has 0 saturated carbocycles. The van der Waals surface area contributed by atoms with Crippen molar-refractivity contribution in [2.24, 2.45) is 0 Å². The molecule has 0 unspecified atom stereocenters. The molecule has 0 aliphatic rings. The van der Waals surface area contributed by atoms with Crippen LogP contribution < -0.4 is 5.32 Å². The predicted octanol–water partition coefficient (Wildman–Crippen LogP) is 0.162. The fourth-order valence-corrected chi connectivity index (χ4v) is 1.36. The van der Waals surface area contributed by atoms with Gasteiger partial charge in [0.05, 0.1) is 0 Å². The average Bonchev–Trinajstić information content (AvgIpc) is 2.60. The number of aromatic nitrogens is 2. The van der Waals surface area contributed by atoms with E-state index in [0.29, 0.717) is 18.9 Å². The van der Waals surface area contributed by atoms with Gasteiger partial charge >= 0.3 is 11.8 Å². The molecular weight excluding hydrogens is 228 g/mol. The number of hydrogen-bond donors (Lipinski definition) is 2. The van der Waals surface area contributed by atoms with Crippen LogP contribution in [0.3, 0.4) is 0 Å². The lowest BCUT2D eigenvalue weighted by atomic mass is 10.3. The standard InChI is InChI=1S/C9H14N4O4/c1-6(9(14)15)10-3-4-12-7(2)11-5-8(12)13(16)17/h5-6,10H,3-4H2,1-2H3,(H,14,15)/t6-/m0/s1. The molecule has 0 radical (unpaired) electrons. The summed E-state index contributed by atoms with van der Waals surface area (Å²) < 4.78 is 1.43. The van der Waals surface area contributed by atoms with E-state index in [0.717, 1.165) is 0 Å². The van der Waals surface area contributed by atoms with Crippen LogP contribution in [0, 0.1) is 17.0 Å². The number of aryl methyl sites for hydroxylation is 1. The first-order valence-corrected chi connectivity index (χ1v) is 5.06. The number of aliphatic carboxylic acids is 1. The van der Waals surface area contributed by atoms with E-state index in [1.807, 2.05) is 0 Å². The Hall–Kier alpha value is -1.96. The SMILES string of the molecule is Cc1ncc([N+](=O)[O-])n1CCN[C@@H](C)C(=O)O. The number of carboxylic acids is 1. The number of nitrogens with zero attached hydrogens (tertiary/aromatic N) is 3. The van der Waals surface area contributed by atoms with E-state index in [1.54, 1.807) is 6.92 Å². The van der Waals surface area contributed by atoms with Crippen molar-refractivity contribution < 1.29 is 14.8 Å². The Labute approximate surface area is 97.4 Å². The molecule has 1 aromatic rings. The summed E-state index contributed by atoms with van der Waals surface area (Å²) in [4.78, 5) is 24.5. The lowest BCUT2D eigenvalue weighted by molar-refractivity contribution is -0.392. The van der Waals surface area contributed by atoms with E-state index in [-0.39, 0.29) is 5.82 Å². The largest absolute Gasteiger partial charge is 0.480 e. The topological polar surface area (TPSA) is 110 Å². The van der Waals surface area contributed by atoms with Gasteiger partial charge in [0.2, 0.25) is 0 Å². The zero-order valence-electron chi connectivity index (χ0n) is 9.58. The van der Waals surface area contributed by atoms with Crippen LogP contribution in [0.15, 0.2) is 6.20 Å². The van der Waals surface area contributed by atoms with E-state index in [4.69, 9.17) is 5.11 Å². The molecule has 0 fully saturated rings. The second kappa shape index (κ2) is 5.39. The summed E-state index contributed by atoms with van der Waals surface area (Å²) in [6.07, 6.45) is 1.19. The second-order valence-electron chi connectivity index (χ2n) is 3.59. The molecule has 0 aromatic carbocycles. The van der Waals surface area contributed by atoms with Crippen molar-refractivity contribution in [2.75, 3.05) is 6.54 Å². The fraction of sp³-hybridized carbons (Fsp3) is 0.556. The highest BCUT2D eigenvalue weighted by Crippen LogP contribution is 2.12. The van der Waals surface area contributed by atoms with Crippen LogP contribution in [0.2, 0.25) is 0 Å². The molecule has 0 saturated heterocycles. The molecule has 8 heteroatoms. The summed E-state index contributed by atoms with van der Waals surface area (Å²) >= 11 is 0. The third-order valence-corrected chi connectivity index (χ3v) is 2.38. The third kappa shape index (κ3) is 3.25. The van der Waals surface area contributed by atoms with Gasteiger partial charge < -0.3 is 20.5 Å². The van der Waals surface area contributed by atoms with Gasteiger partial charge in [-0.25, -0.2) is 9.55 Å². The van der Waals surface area contributed by atoms with E-state index < -0.39 is 16.9 Å². The van der Waals surface area contributed by atoms with Gasteiger partial charge in [-0.3, -0.25) is 4.79 Å². The van der Waals surface area contributed by atoms with Gasteiger partial charge in [0, 0.05) is 13.5 Å². The Kier molecular flexibility index (Phi) is 4.16. The zero-order valence-corrected chi connectivity index (χ0v) is 9.58. The van der Waals surface area contributed by atoms with Crippen LogP contribution in [0.5, 0.6) is 0 Å². The van der Waals surface area contributed by atoms with Gasteiger partial charge in [0.15, 0.2) is 5.82 Å². The predicted molar refractivity (Wildman–Crippen MR) is 58.7 cm³/mol. The number of hydrogen-bond acceptors (Lipinski definition) is 5. The van der Waals surface area contributed by atoms with Crippen LogP contribution >= 0.6 is 0 Å². The van der Waals surface area contributed by atoms with Crippen molar-refractivity contribution in [3.8, 4) is 0 Å². The average molecular weight is 242 g/mol. The van der Waals surface area contributed by atoms with Gasteiger partial charge in [0.1, 0.15) is 18.8 Å². The molecule has 94 valence electrons. The number of carbonyl (C=O) groups is 1. The number of nitro groups is 1. The molecule has 0 aliphatic heterocycles. The van der Waals surface area contributed by atoms with Crippen molar-refractivity contribution in [2.45, 2.75) is 26.4 Å². The monoisotopic (exact) mass is 242 g/mol. The van der Waals surface area contributed by atoms with Gasteiger partial charge in [-0.15, -0.1) is 0 Å². The quantitative estimate of drug-likeness (QED) is 0.543. The van der Waals surface area contributed by atoms with E-state index in [9.17, 15) is 14.9 Å². The Balaban J connectivity index is 2.60. The van der Waals surface area contributed by atoms with Crippen molar-refractivity contribution in [1.82, 2.24) is 14.9 Å². The van der Waals surface area contributed by atoms with Crippen molar-refractivity contribution in [3.63, 3.8) is 0 Å². The van der Waals surface area contributed by atoms with Crippen LogP contribution in [0.4, 0.5) is 5.82 Å². The Morgan fingerprint density at radius 1 is 1.76 bits per heavy atom. The van der Waals surface area contributed by atoms with Gasteiger partial charge in [-0.1, -0.05) is 0 Å². The molecule has 17 heavy (non-hydrogen) atoms. The first-order chi connectivity index (χ1) is 7.93. The summed E-state index contributed by atoms with van der Waals surface area (Å²) in [6, 6.07) is -0.683. The van der Waals surface area contributed by atoms with Crippen LogP contribution in [-0.4, -0.2) is 38.1 Å². The van der Waals surface area contributed by atoms with Gasteiger partial charge in [0.25, 0.3) is 0 Å². The van der Waals surface area contributed by atoms with Gasteiger partial charge in [-0.2, -0.15) is 0 Å². The first kappa shape index (κ1) is 13.1. The third-order valence-electron chi connectivity index (χ3n) is 2.38. The fourth-order valence-electron chi connectivity index (χ4n) is 1.36. The lowest BCUT2D eigenvalue weighted by Gasteiger charge is -2.08. The molecule has 0 aliphatic carbocycles. The molecule has 8 nitrogen and oxygen atoms in total. The highest BCUT2D eigenvalue weighted by molar-refractivity contribution is 5.72. The maximum atomic E-state index is 10.7. The highest BCUT2D eigenvalue weighted by Gasteiger charge is 2.17. The minimum atomic E-state index is -0.957. The second-order valence-corrected chi connectivity index (χ2v) is 3.59. The normalized spacial score (nSPS) is 12.4. The Morgan fingerprint density at radius 3 is 2.94 bits per heavy atom. The van der Waals surface area contributed by atoms with E-state index in [1.165, 1.54) is 17.7 Å². The summed E-state index contributed by atoms with van der Waals surface area (Å²) in [5.74, 6) is -0.518. The van der Waals surface area contributed by atoms with Crippen LogP contribution in [0.1, 0.15) is 12.7 Å². The number of rotatable bonds is 6. The lowest BCUT2D eigenvalue weighted by Crippen LogP contribution is -2.35. The molecule has 1 aromatic heterocycles. The maximum Gasteiger partial charge on any atom is 0.342 e. The summed E-state index contributed by atoms with van der Waals surface area (Å²) in [6.45, 7) is 3.80. The molecule has 0 spiro atoms. The number of carboxylic acid groups (broad SMARTS) is 1. The van der Waals surface area contributed by atoms with Gasteiger partial charge in [-0.05, 0) is 11.8 Å². The minimum Gasteiger partial charge on any atom is -0.480 e. The Morgan fingerprint density at radius 2 is 2.41 bits per heavy atom. The zero-order chi connectivity index (χ0) is 13.0. The number of nitrogens with one attached hydrogen (secondary N) is 1. The van der Waals surface area contributed by atoms with Crippen molar-refractivity contribution in [3.05, 3.63) is 22.1 Å². The molecule has 1 rings (SSSR count). The smallest absolute Gasteiger partial charge is 0.342 e. The maximum absolute atomic E-state index is 10.7. The molecule has 0 amide bonds. The van der Waals surface area contributed by atoms with Crippen LogP contribution in [0.25, 0.3) is 0 Å². The first-order valence-electron chi connectivity index (χ1n) is 5.06. The Bertz CT molecular complexity index is 429. The molecule has 1 heterocycles. The summed E-state index contributed by atoms with van der Waals surface area (Å²) in [5.41, 5.74) is 0. The van der Waals surface area contributed by atoms with Crippen molar-refractivity contribution in [1.29, 1.82) is 0 Å².